The van der Waals surface area contributed by atoms with Crippen LogP contribution in [0.25, 0.3) is 0 Å². The van der Waals surface area contributed by atoms with Crippen molar-refractivity contribution in [2.24, 2.45) is 5.92 Å². The molecule has 1 rings (SSSR count). The molecule has 5 heteroatoms. The fourth-order valence-electron chi connectivity index (χ4n) is 1.39. The number of phenolic OH excluding ortho intramolecular Hbond substituents is 1. The number of nitrogens with one attached hydrogen (secondary N) is 1. The third kappa shape index (κ3) is 4.03. The van der Waals surface area contributed by atoms with Crippen LogP contribution >= 0.6 is 0 Å². The standard InChI is InChI=1S/C12H16FNO3/c1-8(7-17-2)6-14-12(16)10-4-3-9(15)5-11(10)13/h3-5,8,15H,6-7H2,1-2H3,(H,14,16). The second-order valence-electron chi connectivity index (χ2n) is 3.93. The number of rotatable bonds is 5. The minimum Gasteiger partial charge on any atom is -0.508 e. The highest BCUT2D eigenvalue weighted by Crippen LogP contribution is 2.14. The highest BCUT2D eigenvalue weighted by atomic mass is 19.1. The zero-order valence-corrected chi connectivity index (χ0v) is 9.87. The first-order valence-electron chi connectivity index (χ1n) is 5.30. The van der Waals surface area contributed by atoms with Gasteiger partial charge >= 0.3 is 0 Å². The summed E-state index contributed by atoms with van der Waals surface area (Å²) in [5, 5.41) is 11.6. The van der Waals surface area contributed by atoms with Crippen LogP contribution in [-0.4, -0.2) is 31.3 Å². The predicted molar refractivity (Wildman–Crippen MR) is 61.4 cm³/mol. The van der Waals surface area contributed by atoms with Crippen LogP contribution in [0.4, 0.5) is 4.39 Å². The van der Waals surface area contributed by atoms with Gasteiger partial charge in [0.15, 0.2) is 0 Å². The number of carbonyl (C=O) groups is 1. The summed E-state index contributed by atoms with van der Waals surface area (Å²) in [5.74, 6) is -1.27. The van der Waals surface area contributed by atoms with Crippen molar-refractivity contribution >= 4 is 5.91 Å². The van der Waals surface area contributed by atoms with Crippen LogP contribution in [0.1, 0.15) is 17.3 Å². The summed E-state index contributed by atoms with van der Waals surface area (Å²) in [7, 11) is 1.58. The maximum Gasteiger partial charge on any atom is 0.254 e. The summed E-state index contributed by atoms with van der Waals surface area (Å²) < 4.78 is 18.3. The van der Waals surface area contributed by atoms with E-state index in [2.05, 4.69) is 5.32 Å². The molecule has 0 aliphatic carbocycles. The average molecular weight is 241 g/mol. The van der Waals surface area contributed by atoms with Crippen molar-refractivity contribution in [1.82, 2.24) is 5.32 Å². The molecule has 17 heavy (non-hydrogen) atoms. The molecule has 4 nitrogen and oxygen atoms in total. The summed E-state index contributed by atoms with van der Waals surface area (Å²) in [6.45, 7) is 2.85. The zero-order chi connectivity index (χ0) is 12.8. The van der Waals surface area contributed by atoms with Gasteiger partial charge in [-0.3, -0.25) is 4.79 Å². The van der Waals surface area contributed by atoms with Crippen LogP contribution in [0.15, 0.2) is 18.2 Å². The van der Waals surface area contributed by atoms with Crippen LogP contribution in [-0.2, 0) is 4.74 Å². The Morgan fingerprint density at radius 1 is 1.59 bits per heavy atom. The second-order valence-corrected chi connectivity index (χ2v) is 3.93. The van der Waals surface area contributed by atoms with Crippen molar-refractivity contribution in [3.63, 3.8) is 0 Å². The largest absolute Gasteiger partial charge is 0.508 e. The highest BCUT2D eigenvalue weighted by Gasteiger charge is 2.12. The lowest BCUT2D eigenvalue weighted by Crippen LogP contribution is -2.30. The van der Waals surface area contributed by atoms with Crippen molar-refractivity contribution in [2.45, 2.75) is 6.92 Å². The van der Waals surface area contributed by atoms with E-state index < -0.39 is 11.7 Å². The number of hydrogen-bond donors (Lipinski definition) is 2. The monoisotopic (exact) mass is 241 g/mol. The Morgan fingerprint density at radius 2 is 2.29 bits per heavy atom. The molecule has 1 aromatic rings. The van der Waals surface area contributed by atoms with Crippen LogP contribution in [0.2, 0.25) is 0 Å². The van der Waals surface area contributed by atoms with Crippen molar-refractivity contribution in [2.75, 3.05) is 20.3 Å². The lowest BCUT2D eigenvalue weighted by Gasteiger charge is -2.11. The minimum atomic E-state index is -0.734. The number of hydrogen-bond acceptors (Lipinski definition) is 3. The van der Waals surface area contributed by atoms with Crippen LogP contribution in [0, 0.1) is 11.7 Å². The molecule has 0 fully saturated rings. The first-order chi connectivity index (χ1) is 8.04. The molecule has 0 spiro atoms. The van der Waals surface area contributed by atoms with E-state index in [0.29, 0.717) is 13.2 Å². The first kappa shape index (κ1) is 13.4. The summed E-state index contributed by atoms with van der Waals surface area (Å²) in [6, 6.07) is 3.44. The topological polar surface area (TPSA) is 58.6 Å². The van der Waals surface area contributed by atoms with Crippen molar-refractivity contribution in [1.29, 1.82) is 0 Å². The molecule has 94 valence electrons. The fourth-order valence-corrected chi connectivity index (χ4v) is 1.39. The second kappa shape index (κ2) is 6.20. The SMILES string of the molecule is COCC(C)CNC(=O)c1ccc(O)cc1F. The van der Waals surface area contributed by atoms with E-state index in [9.17, 15) is 9.18 Å². The Bertz CT molecular complexity index is 395. The van der Waals surface area contributed by atoms with Crippen LogP contribution in [0.3, 0.4) is 0 Å². The lowest BCUT2D eigenvalue weighted by molar-refractivity contribution is 0.0930. The van der Waals surface area contributed by atoms with E-state index in [0.717, 1.165) is 6.07 Å². The van der Waals surface area contributed by atoms with E-state index >= 15 is 0 Å². The summed E-state index contributed by atoms with van der Waals surface area (Å²) >= 11 is 0. The normalized spacial score (nSPS) is 12.2. The number of ether oxygens (including phenoxy) is 1. The number of aromatic hydroxyl groups is 1. The van der Waals surface area contributed by atoms with Crippen molar-refractivity contribution in [3.8, 4) is 5.75 Å². The van der Waals surface area contributed by atoms with Gasteiger partial charge in [-0.2, -0.15) is 0 Å². The molecule has 0 saturated heterocycles. The Morgan fingerprint density at radius 3 is 2.88 bits per heavy atom. The van der Waals surface area contributed by atoms with Gasteiger partial charge in [0, 0.05) is 19.7 Å². The molecule has 0 heterocycles. The van der Waals surface area contributed by atoms with Crippen LogP contribution in [0.5, 0.6) is 5.75 Å². The van der Waals surface area contributed by atoms with E-state index in [1.54, 1.807) is 7.11 Å². The van der Waals surface area contributed by atoms with Gasteiger partial charge in [0.2, 0.25) is 0 Å². The third-order valence-electron chi connectivity index (χ3n) is 2.26. The molecule has 2 N–H and O–H groups in total. The molecule has 0 saturated carbocycles. The smallest absolute Gasteiger partial charge is 0.254 e. The first-order valence-corrected chi connectivity index (χ1v) is 5.30. The summed E-state index contributed by atoms with van der Waals surface area (Å²) in [5.41, 5.74) is -0.0765. The third-order valence-corrected chi connectivity index (χ3v) is 2.26. The van der Waals surface area contributed by atoms with Gasteiger partial charge in [-0.25, -0.2) is 4.39 Å². The molecular weight excluding hydrogens is 225 g/mol. The van der Waals surface area contributed by atoms with Crippen molar-refractivity contribution < 1.29 is 19.0 Å². The fraction of sp³-hybridized carbons (Fsp3) is 0.417. The number of phenols is 1. The predicted octanol–water partition coefficient (Wildman–Crippen LogP) is 1.54. The van der Waals surface area contributed by atoms with E-state index in [1.165, 1.54) is 12.1 Å². The van der Waals surface area contributed by atoms with Gasteiger partial charge in [-0.05, 0) is 18.1 Å². The Labute approximate surface area is 99.4 Å². The highest BCUT2D eigenvalue weighted by molar-refractivity contribution is 5.94. The quantitative estimate of drug-likeness (QED) is 0.822. The Kier molecular flexibility index (Phi) is 4.90. The number of amides is 1. The molecule has 1 unspecified atom stereocenters. The van der Waals surface area contributed by atoms with Gasteiger partial charge in [-0.15, -0.1) is 0 Å². The molecule has 1 amide bonds. The van der Waals surface area contributed by atoms with Gasteiger partial charge in [0.1, 0.15) is 11.6 Å². The van der Waals surface area contributed by atoms with Gasteiger partial charge < -0.3 is 15.2 Å². The van der Waals surface area contributed by atoms with Gasteiger partial charge in [0.05, 0.1) is 12.2 Å². The average Bonchev–Trinajstić information content (AvgIpc) is 2.26. The zero-order valence-electron chi connectivity index (χ0n) is 9.87. The summed E-state index contributed by atoms with van der Waals surface area (Å²) in [6.07, 6.45) is 0. The maximum atomic E-state index is 13.3. The number of methoxy groups -OCH3 is 1. The molecular formula is C12H16FNO3. The molecule has 1 aromatic carbocycles. The lowest BCUT2D eigenvalue weighted by atomic mass is 10.1. The van der Waals surface area contributed by atoms with E-state index in [1.807, 2.05) is 6.92 Å². The van der Waals surface area contributed by atoms with Crippen molar-refractivity contribution in [3.05, 3.63) is 29.6 Å². The summed E-state index contributed by atoms with van der Waals surface area (Å²) in [4.78, 5) is 11.6. The van der Waals surface area contributed by atoms with Gasteiger partial charge in [-0.1, -0.05) is 6.92 Å². The van der Waals surface area contributed by atoms with Gasteiger partial charge in [0.25, 0.3) is 5.91 Å². The molecule has 0 radical (unpaired) electrons. The Hall–Kier alpha value is -1.62. The molecule has 1 atom stereocenters. The molecule has 0 aliphatic heterocycles. The molecule has 0 aromatic heterocycles. The van der Waals surface area contributed by atoms with E-state index in [4.69, 9.17) is 9.84 Å². The van der Waals surface area contributed by atoms with E-state index in [-0.39, 0.29) is 17.2 Å². The Balaban J connectivity index is 2.58. The molecule has 0 aliphatic rings. The van der Waals surface area contributed by atoms with Crippen LogP contribution < -0.4 is 5.32 Å². The number of benzene rings is 1. The number of carbonyl (C=O) groups excluding carboxylic acids is 1. The minimum absolute atomic E-state index is 0.0765. The number of halogens is 1. The molecule has 0 bridgehead atoms. The maximum absolute atomic E-state index is 13.3.